The van der Waals surface area contributed by atoms with Gasteiger partial charge in [0.1, 0.15) is 10.7 Å². The number of aromatic nitrogens is 4. The van der Waals surface area contributed by atoms with Crippen LogP contribution < -0.4 is 11.1 Å². The average molecular weight is 236 g/mol. The molecule has 0 aliphatic carbocycles. The predicted molar refractivity (Wildman–Crippen MR) is 59.5 cm³/mol. The highest BCUT2D eigenvalue weighted by Crippen LogP contribution is 2.08. The maximum absolute atomic E-state index is 5.50. The number of nitrogens with one attached hydrogen (secondary N) is 1. The van der Waals surface area contributed by atoms with Gasteiger partial charge in [-0.15, -0.1) is 0 Å². The van der Waals surface area contributed by atoms with E-state index in [1.807, 2.05) is 0 Å². The van der Waals surface area contributed by atoms with Gasteiger partial charge in [0, 0.05) is 12.4 Å². The van der Waals surface area contributed by atoms with Gasteiger partial charge in [-0.2, -0.15) is 4.98 Å². The first kappa shape index (κ1) is 10.4. The third-order valence-corrected chi connectivity index (χ3v) is 1.95. The first-order valence-electron chi connectivity index (χ1n) is 4.37. The second-order valence-corrected chi connectivity index (χ2v) is 3.26. The van der Waals surface area contributed by atoms with Crippen LogP contribution in [0.25, 0.3) is 0 Å². The van der Waals surface area contributed by atoms with Gasteiger partial charge in [0.25, 0.3) is 0 Å². The second-order valence-electron chi connectivity index (χ2n) is 2.82. The van der Waals surface area contributed by atoms with Crippen LogP contribution in [0.15, 0.2) is 23.3 Å². The van der Waals surface area contributed by atoms with E-state index in [-0.39, 0.29) is 4.99 Å². The largest absolute Gasteiger partial charge is 0.388 e. The van der Waals surface area contributed by atoms with Crippen molar-refractivity contribution in [2.24, 2.45) is 5.73 Å². The first-order chi connectivity index (χ1) is 7.77. The molecule has 0 radical (unpaired) electrons. The van der Waals surface area contributed by atoms with E-state index < -0.39 is 0 Å². The number of nitrogens with zero attached hydrogens (tertiary/aromatic N) is 4. The standard InChI is InChI=1S/C8H8N6OS/c9-7(16)6-8(11-2-1-10-6)12-3-5-13-4-15-14-5/h1-2,4H,3H2,(H2,9,16)(H,11,12). The number of thiocarbonyl (C=S) groups is 1. The summed E-state index contributed by atoms with van der Waals surface area (Å²) in [4.78, 5) is 12.1. The van der Waals surface area contributed by atoms with Crippen LogP contribution >= 0.6 is 12.2 Å². The quantitative estimate of drug-likeness (QED) is 0.721. The van der Waals surface area contributed by atoms with Gasteiger partial charge in [0.2, 0.25) is 6.39 Å². The second kappa shape index (κ2) is 4.62. The molecule has 0 fully saturated rings. The lowest BCUT2D eigenvalue weighted by molar-refractivity contribution is 0.411. The molecule has 0 saturated heterocycles. The van der Waals surface area contributed by atoms with E-state index in [1.165, 1.54) is 12.6 Å². The number of rotatable bonds is 4. The molecule has 8 heteroatoms. The molecule has 0 spiro atoms. The Bertz CT molecular complexity index is 485. The summed E-state index contributed by atoms with van der Waals surface area (Å²) >= 11 is 4.85. The zero-order valence-electron chi connectivity index (χ0n) is 8.12. The fourth-order valence-corrected chi connectivity index (χ4v) is 1.23. The Hall–Kier alpha value is -2.09. The van der Waals surface area contributed by atoms with Crippen molar-refractivity contribution < 1.29 is 4.52 Å². The predicted octanol–water partition coefficient (Wildman–Crippen LogP) is 0.106. The number of hydrogen-bond acceptors (Lipinski definition) is 7. The van der Waals surface area contributed by atoms with E-state index in [9.17, 15) is 0 Å². The molecule has 2 rings (SSSR count). The molecule has 7 nitrogen and oxygen atoms in total. The zero-order chi connectivity index (χ0) is 11.4. The van der Waals surface area contributed by atoms with Crippen molar-refractivity contribution in [2.75, 3.05) is 5.32 Å². The molecule has 0 aliphatic heterocycles. The first-order valence-corrected chi connectivity index (χ1v) is 4.78. The van der Waals surface area contributed by atoms with Crippen LogP contribution in [-0.2, 0) is 6.54 Å². The van der Waals surface area contributed by atoms with E-state index >= 15 is 0 Å². The molecule has 0 aliphatic rings. The van der Waals surface area contributed by atoms with Crippen LogP contribution in [-0.4, -0.2) is 25.1 Å². The Balaban J connectivity index is 2.12. The van der Waals surface area contributed by atoms with Crippen molar-refractivity contribution in [2.45, 2.75) is 6.54 Å². The smallest absolute Gasteiger partial charge is 0.213 e. The molecule has 82 valence electrons. The highest BCUT2D eigenvalue weighted by atomic mass is 32.1. The Morgan fingerprint density at radius 1 is 1.38 bits per heavy atom. The van der Waals surface area contributed by atoms with Gasteiger partial charge in [-0.25, -0.2) is 9.97 Å². The monoisotopic (exact) mass is 236 g/mol. The Morgan fingerprint density at radius 2 is 2.19 bits per heavy atom. The lowest BCUT2D eigenvalue weighted by Crippen LogP contribution is -2.16. The molecular weight excluding hydrogens is 228 g/mol. The third-order valence-electron chi connectivity index (χ3n) is 1.75. The molecule has 0 unspecified atom stereocenters. The summed E-state index contributed by atoms with van der Waals surface area (Å²) in [6, 6.07) is 0. The minimum absolute atomic E-state index is 0.184. The minimum atomic E-state index is 0.184. The lowest BCUT2D eigenvalue weighted by Gasteiger charge is -2.06. The molecule has 0 saturated carbocycles. The Labute approximate surface area is 96.1 Å². The molecule has 2 aromatic heterocycles. The van der Waals surface area contributed by atoms with Gasteiger partial charge in [0.05, 0.1) is 6.54 Å². The lowest BCUT2D eigenvalue weighted by atomic mass is 10.4. The number of hydrogen-bond donors (Lipinski definition) is 2. The van der Waals surface area contributed by atoms with Gasteiger partial charge >= 0.3 is 0 Å². The molecule has 3 N–H and O–H groups in total. The van der Waals surface area contributed by atoms with Crippen molar-refractivity contribution in [3.05, 3.63) is 30.3 Å². The SMILES string of the molecule is NC(=S)c1nccnc1NCc1ncon1. The number of nitrogens with two attached hydrogens (primary N) is 1. The normalized spacial score (nSPS) is 10.0. The minimum Gasteiger partial charge on any atom is -0.388 e. The van der Waals surface area contributed by atoms with Crippen LogP contribution in [0.2, 0.25) is 0 Å². The molecular formula is C8H8N6OS. The third kappa shape index (κ3) is 2.28. The van der Waals surface area contributed by atoms with Crippen LogP contribution in [0.5, 0.6) is 0 Å². The molecule has 2 aromatic rings. The molecule has 0 atom stereocenters. The van der Waals surface area contributed by atoms with Gasteiger partial charge in [-0.05, 0) is 0 Å². The van der Waals surface area contributed by atoms with E-state index in [1.54, 1.807) is 6.20 Å². The topological polar surface area (TPSA) is 103 Å². The zero-order valence-corrected chi connectivity index (χ0v) is 8.94. The molecule has 0 amide bonds. The van der Waals surface area contributed by atoms with E-state index in [0.29, 0.717) is 23.9 Å². The van der Waals surface area contributed by atoms with Gasteiger partial charge in [-0.1, -0.05) is 17.4 Å². The highest BCUT2D eigenvalue weighted by Gasteiger charge is 2.08. The van der Waals surface area contributed by atoms with Crippen LogP contribution in [0, 0.1) is 0 Å². The maximum Gasteiger partial charge on any atom is 0.213 e. The molecule has 0 bridgehead atoms. The summed E-state index contributed by atoms with van der Waals surface area (Å²) in [6.07, 6.45) is 4.32. The Morgan fingerprint density at radius 3 is 2.88 bits per heavy atom. The van der Waals surface area contributed by atoms with Crippen molar-refractivity contribution in [3.63, 3.8) is 0 Å². The summed E-state index contributed by atoms with van der Waals surface area (Å²) in [5.74, 6) is 1.01. The van der Waals surface area contributed by atoms with Crippen LogP contribution in [0.4, 0.5) is 5.82 Å². The van der Waals surface area contributed by atoms with E-state index in [2.05, 4.69) is 29.9 Å². The van der Waals surface area contributed by atoms with E-state index in [0.717, 1.165) is 0 Å². The van der Waals surface area contributed by atoms with E-state index in [4.69, 9.17) is 18.0 Å². The van der Waals surface area contributed by atoms with Gasteiger partial charge in [0.15, 0.2) is 11.6 Å². The van der Waals surface area contributed by atoms with Crippen LogP contribution in [0.3, 0.4) is 0 Å². The van der Waals surface area contributed by atoms with Crippen molar-refractivity contribution >= 4 is 23.0 Å². The van der Waals surface area contributed by atoms with Gasteiger partial charge in [-0.3, -0.25) is 0 Å². The summed E-state index contributed by atoms with van der Waals surface area (Å²) in [5.41, 5.74) is 5.95. The van der Waals surface area contributed by atoms with Crippen molar-refractivity contribution in [1.29, 1.82) is 0 Å². The van der Waals surface area contributed by atoms with Crippen molar-refractivity contribution in [1.82, 2.24) is 20.1 Å². The summed E-state index contributed by atoms with van der Waals surface area (Å²) < 4.78 is 4.59. The highest BCUT2D eigenvalue weighted by molar-refractivity contribution is 7.80. The number of anilines is 1. The fraction of sp³-hybridized carbons (Fsp3) is 0.125. The molecule has 16 heavy (non-hydrogen) atoms. The summed E-state index contributed by atoms with van der Waals surface area (Å²) in [5, 5.41) is 6.62. The summed E-state index contributed by atoms with van der Waals surface area (Å²) in [6.45, 7) is 0.366. The maximum atomic E-state index is 5.50. The van der Waals surface area contributed by atoms with Crippen molar-refractivity contribution in [3.8, 4) is 0 Å². The fourth-order valence-electron chi connectivity index (χ4n) is 1.08. The molecule has 2 heterocycles. The van der Waals surface area contributed by atoms with Crippen LogP contribution in [0.1, 0.15) is 11.5 Å². The van der Waals surface area contributed by atoms with Gasteiger partial charge < -0.3 is 15.6 Å². The average Bonchev–Trinajstić information content (AvgIpc) is 2.79. The Kier molecular flexibility index (Phi) is 3.01. The molecule has 0 aromatic carbocycles. The summed E-state index contributed by atoms with van der Waals surface area (Å²) in [7, 11) is 0.